The zero-order chi connectivity index (χ0) is 23.8. The number of nitro groups is 1. The Kier molecular flexibility index (Phi) is 5.50. The molecule has 2 aromatic heterocycles. The minimum atomic E-state index is -0.474. The lowest BCUT2D eigenvalue weighted by Crippen LogP contribution is -2.94. The van der Waals surface area contributed by atoms with E-state index in [0.717, 1.165) is 33.3 Å². The van der Waals surface area contributed by atoms with Crippen LogP contribution in [0.15, 0.2) is 54.9 Å². The Labute approximate surface area is 194 Å². The highest BCUT2D eigenvalue weighted by molar-refractivity contribution is 5.86. The van der Waals surface area contributed by atoms with Gasteiger partial charge in [-0.1, -0.05) is 18.2 Å². The number of carbonyl (C=O) groups is 1. The maximum absolute atomic E-state index is 12.5. The molecule has 0 saturated heterocycles. The van der Waals surface area contributed by atoms with Crippen molar-refractivity contribution in [2.75, 3.05) is 14.2 Å². The molecule has 10 nitrogen and oxygen atoms in total. The van der Waals surface area contributed by atoms with Crippen molar-refractivity contribution >= 4 is 22.6 Å². The Morgan fingerprint density at radius 1 is 1.29 bits per heavy atom. The molecule has 0 fully saturated rings. The molecule has 2 aromatic carbocycles. The van der Waals surface area contributed by atoms with Crippen molar-refractivity contribution in [3.05, 3.63) is 87.4 Å². The van der Waals surface area contributed by atoms with Gasteiger partial charge >= 0.3 is 11.7 Å². The number of aromatic nitrogens is 3. The van der Waals surface area contributed by atoms with Crippen LogP contribution >= 0.6 is 0 Å². The van der Waals surface area contributed by atoms with Crippen LogP contribution in [0, 0.1) is 10.1 Å². The summed E-state index contributed by atoms with van der Waals surface area (Å²) in [4.78, 5) is 26.6. The van der Waals surface area contributed by atoms with E-state index in [9.17, 15) is 14.9 Å². The lowest BCUT2D eigenvalue weighted by Gasteiger charge is -2.27. The summed E-state index contributed by atoms with van der Waals surface area (Å²) in [6, 6.07) is 13.4. The van der Waals surface area contributed by atoms with Crippen LogP contribution in [0.3, 0.4) is 0 Å². The Morgan fingerprint density at radius 3 is 2.85 bits per heavy atom. The van der Waals surface area contributed by atoms with Gasteiger partial charge in [-0.25, -0.2) is 4.79 Å². The minimum Gasteiger partial charge on any atom is -0.496 e. The summed E-state index contributed by atoms with van der Waals surface area (Å²) in [7, 11) is 2.99. The standard InChI is InChI=1S/C24H23N5O5/c1-33-21-8-7-14(9-15(21)12-28-13-16(11-25-28)29(31)32)22-23-18(10-20(27-22)24(30)34-2)17-5-3-4-6-19(17)26-23/h3-9,11,13,20,22,26-27H,10,12H2,1-2H3/p+1/t20-,22-/m0/s1. The number of aromatic amines is 1. The van der Waals surface area contributed by atoms with Crippen LogP contribution in [0.25, 0.3) is 10.9 Å². The molecule has 5 rings (SSSR count). The first-order valence-corrected chi connectivity index (χ1v) is 10.8. The molecule has 34 heavy (non-hydrogen) atoms. The molecule has 0 radical (unpaired) electrons. The number of quaternary nitrogens is 1. The molecule has 1 aliphatic rings. The van der Waals surface area contributed by atoms with Crippen molar-refractivity contribution in [1.29, 1.82) is 0 Å². The largest absolute Gasteiger partial charge is 0.496 e. The van der Waals surface area contributed by atoms with Crippen molar-refractivity contribution in [3.8, 4) is 5.75 Å². The van der Waals surface area contributed by atoms with Crippen LogP contribution in [0.5, 0.6) is 5.75 Å². The van der Waals surface area contributed by atoms with E-state index in [2.05, 4.69) is 16.1 Å². The second-order valence-electron chi connectivity index (χ2n) is 8.29. The van der Waals surface area contributed by atoms with Gasteiger partial charge < -0.3 is 19.8 Å². The van der Waals surface area contributed by atoms with E-state index < -0.39 is 4.92 Å². The third kappa shape index (κ3) is 3.77. The van der Waals surface area contributed by atoms with Gasteiger partial charge in [-0.3, -0.25) is 14.8 Å². The highest BCUT2D eigenvalue weighted by Crippen LogP contribution is 2.33. The van der Waals surface area contributed by atoms with E-state index in [-0.39, 0.29) is 23.7 Å². The number of nitrogens with two attached hydrogens (primary N) is 1. The van der Waals surface area contributed by atoms with E-state index in [1.165, 1.54) is 24.2 Å². The quantitative estimate of drug-likeness (QED) is 0.256. The number of carbonyl (C=O) groups excluding carboxylic acids is 1. The molecule has 10 heteroatoms. The fourth-order valence-corrected chi connectivity index (χ4v) is 4.74. The van der Waals surface area contributed by atoms with Crippen molar-refractivity contribution in [2.45, 2.75) is 25.0 Å². The van der Waals surface area contributed by atoms with E-state index in [1.54, 1.807) is 7.11 Å². The molecule has 0 aliphatic carbocycles. The number of hydrogen-bond acceptors (Lipinski definition) is 6. The van der Waals surface area contributed by atoms with Gasteiger partial charge in [0.2, 0.25) is 0 Å². The molecule has 0 unspecified atom stereocenters. The number of benzene rings is 2. The van der Waals surface area contributed by atoms with Crippen molar-refractivity contribution < 1.29 is 24.5 Å². The van der Waals surface area contributed by atoms with Crippen LogP contribution in [0.1, 0.15) is 28.4 Å². The number of nitrogens with one attached hydrogen (secondary N) is 1. The number of methoxy groups -OCH3 is 2. The Balaban J connectivity index is 1.57. The van der Waals surface area contributed by atoms with Gasteiger partial charge in [0.1, 0.15) is 18.1 Å². The zero-order valence-corrected chi connectivity index (χ0v) is 18.7. The normalized spacial score (nSPS) is 17.4. The number of para-hydroxylation sites is 1. The number of rotatable bonds is 6. The molecule has 0 saturated carbocycles. The summed E-state index contributed by atoms with van der Waals surface area (Å²) in [6.45, 7) is 0.303. The molecule has 3 heterocycles. The highest BCUT2D eigenvalue weighted by Gasteiger charge is 2.38. The monoisotopic (exact) mass is 462 g/mol. The third-order valence-corrected chi connectivity index (χ3v) is 6.34. The van der Waals surface area contributed by atoms with E-state index in [4.69, 9.17) is 9.47 Å². The average Bonchev–Trinajstić information content (AvgIpc) is 3.47. The second kappa shape index (κ2) is 8.64. The molecule has 0 amide bonds. The Hall–Kier alpha value is -4.18. The van der Waals surface area contributed by atoms with Gasteiger partial charge in [0.05, 0.1) is 31.4 Å². The summed E-state index contributed by atoms with van der Waals surface area (Å²) >= 11 is 0. The maximum Gasteiger partial charge on any atom is 0.364 e. The number of esters is 1. The van der Waals surface area contributed by atoms with Gasteiger partial charge in [-0.15, -0.1) is 0 Å². The molecule has 2 atom stereocenters. The number of fused-ring (bicyclic) bond motifs is 3. The fourth-order valence-electron chi connectivity index (χ4n) is 4.74. The smallest absolute Gasteiger partial charge is 0.364 e. The van der Waals surface area contributed by atoms with E-state index in [1.807, 2.05) is 41.7 Å². The number of H-pyrrole nitrogens is 1. The molecule has 3 N–H and O–H groups in total. The molecule has 0 bridgehead atoms. The third-order valence-electron chi connectivity index (χ3n) is 6.34. The molecular formula is C24H24N5O5+. The Morgan fingerprint density at radius 2 is 2.12 bits per heavy atom. The van der Waals surface area contributed by atoms with Crippen molar-refractivity contribution in [1.82, 2.24) is 14.8 Å². The van der Waals surface area contributed by atoms with Crippen LogP contribution in [-0.2, 0) is 22.5 Å². The summed E-state index contributed by atoms with van der Waals surface area (Å²) < 4.78 is 12.1. The van der Waals surface area contributed by atoms with Gasteiger partial charge in [0.15, 0.2) is 12.1 Å². The Bertz CT molecular complexity index is 1390. The average molecular weight is 462 g/mol. The summed E-state index contributed by atoms with van der Waals surface area (Å²) in [5, 5.41) is 18.3. The van der Waals surface area contributed by atoms with Crippen LogP contribution < -0.4 is 10.1 Å². The second-order valence-corrected chi connectivity index (χ2v) is 8.29. The van der Waals surface area contributed by atoms with Crippen LogP contribution in [0.4, 0.5) is 5.69 Å². The van der Waals surface area contributed by atoms with E-state index >= 15 is 0 Å². The SMILES string of the molecule is COC(=O)[C@@H]1Cc2c([nH]c3ccccc23)[C@H](c2ccc(OC)c(Cn3cc([N+](=O)[O-])cn3)c2)[NH2+]1. The highest BCUT2D eigenvalue weighted by atomic mass is 16.6. The predicted molar refractivity (Wildman–Crippen MR) is 123 cm³/mol. The molecule has 174 valence electrons. The van der Waals surface area contributed by atoms with Gasteiger partial charge in [-0.05, 0) is 29.8 Å². The lowest BCUT2D eigenvalue weighted by atomic mass is 9.89. The number of ether oxygens (including phenoxy) is 2. The molecule has 0 spiro atoms. The summed E-state index contributed by atoms with van der Waals surface area (Å²) in [5.41, 5.74) is 4.90. The summed E-state index contributed by atoms with van der Waals surface area (Å²) in [6.07, 6.45) is 3.19. The van der Waals surface area contributed by atoms with E-state index in [0.29, 0.717) is 18.7 Å². The first-order valence-electron chi connectivity index (χ1n) is 10.8. The van der Waals surface area contributed by atoms with Gasteiger partial charge in [0.25, 0.3) is 0 Å². The van der Waals surface area contributed by atoms with Crippen molar-refractivity contribution in [2.24, 2.45) is 0 Å². The van der Waals surface area contributed by atoms with Crippen LogP contribution in [0.2, 0.25) is 0 Å². The van der Waals surface area contributed by atoms with Gasteiger partial charge in [-0.2, -0.15) is 5.10 Å². The molecule has 4 aromatic rings. The van der Waals surface area contributed by atoms with Gasteiger partial charge in [0, 0.05) is 28.5 Å². The summed E-state index contributed by atoms with van der Waals surface area (Å²) in [5.74, 6) is 0.387. The number of nitrogens with zero attached hydrogens (tertiary/aromatic N) is 3. The maximum atomic E-state index is 12.5. The minimum absolute atomic E-state index is 0.0700. The fraction of sp³-hybridized carbons (Fsp3) is 0.250. The topological polar surface area (TPSA) is 129 Å². The zero-order valence-electron chi connectivity index (χ0n) is 18.7. The predicted octanol–water partition coefficient (Wildman–Crippen LogP) is 2.08. The molecular weight excluding hydrogens is 438 g/mol. The molecule has 1 aliphatic heterocycles. The number of hydrogen-bond donors (Lipinski definition) is 2. The van der Waals surface area contributed by atoms with Crippen molar-refractivity contribution in [3.63, 3.8) is 0 Å². The lowest BCUT2D eigenvalue weighted by molar-refractivity contribution is -0.712. The first kappa shape index (κ1) is 21.7. The van der Waals surface area contributed by atoms with Crippen LogP contribution in [-0.4, -0.2) is 45.9 Å². The first-order chi connectivity index (χ1) is 16.5.